The van der Waals surface area contributed by atoms with Crippen molar-refractivity contribution in [3.63, 3.8) is 0 Å². The molecule has 2 rings (SSSR count). The van der Waals surface area contributed by atoms with Crippen LogP contribution in [0, 0.1) is 18.8 Å². The van der Waals surface area contributed by atoms with E-state index in [1.807, 2.05) is 6.92 Å². The summed E-state index contributed by atoms with van der Waals surface area (Å²) in [5.41, 5.74) is 1.71. The van der Waals surface area contributed by atoms with E-state index in [1.54, 1.807) is 12.1 Å². The van der Waals surface area contributed by atoms with Gasteiger partial charge in [0.1, 0.15) is 0 Å². The van der Waals surface area contributed by atoms with Crippen LogP contribution in [-0.4, -0.2) is 14.3 Å². The number of nitrogens with two attached hydrogens (primary N) is 1. The molecule has 1 aliphatic carbocycles. The lowest BCUT2D eigenvalue weighted by Crippen LogP contribution is -2.27. The molecule has 1 unspecified atom stereocenters. The van der Waals surface area contributed by atoms with Gasteiger partial charge in [-0.15, -0.1) is 0 Å². The summed E-state index contributed by atoms with van der Waals surface area (Å²) in [7, 11) is -3.69. The van der Waals surface area contributed by atoms with Crippen molar-refractivity contribution in [2.45, 2.75) is 63.8 Å². The first kappa shape index (κ1) is 18.9. The van der Waals surface area contributed by atoms with Crippen LogP contribution in [0.25, 0.3) is 0 Å². The van der Waals surface area contributed by atoms with E-state index in [9.17, 15) is 13.2 Å². The Balaban J connectivity index is 1.87. The molecule has 0 aromatic heterocycles. The molecule has 0 saturated heterocycles. The summed E-state index contributed by atoms with van der Waals surface area (Å²) in [6, 6.07) is 4.73. The number of primary sulfonamides is 1. The van der Waals surface area contributed by atoms with E-state index in [-0.39, 0.29) is 10.8 Å². The smallest absolute Gasteiger partial charge is 0.238 e. The summed E-state index contributed by atoms with van der Waals surface area (Å²) in [5.74, 6) is 1.14. The van der Waals surface area contributed by atoms with Crippen LogP contribution in [0.1, 0.15) is 56.6 Å². The molecule has 6 heteroatoms. The van der Waals surface area contributed by atoms with Gasteiger partial charge in [0.25, 0.3) is 0 Å². The lowest BCUT2D eigenvalue weighted by atomic mass is 9.79. The zero-order valence-electron chi connectivity index (χ0n) is 14.5. The average Bonchev–Trinajstić information content (AvgIpc) is 2.53. The monoisotopic (exact) mass is 352 g/mol. The van der Waals surface area contributed by atoms with Crippen LogP contribution in [0.2, 0.25) is 0 Å². The second kappa shape index (κ2) is 8.12. The van der Waals surface area contributed by atoms with Crippen LogP contribution in [0.3, 0.4) is 0 Å². The number of carbonyl (C=O) groups excluding carboxylic acids is 1. The Bertz CT molecular complexity index is 680. The molecule has 0 radical (unpaired) electrons. The van der Waals surface area contributed by atoms with E-state index in [2.05, 4.69) is 12.2 Å². The van der Waals surface area contributed by atoms with Crippen LogP contribution in [0.5, 0.6) is 0 Å². The van der Waals surface area contributed by atoms with Crippen molar-refractivity contribution in [3.8, 4) is 0 Å². The largest absolute Gasteiger partial charge is 0.352 e. The number of hydrogen-bond acceptors (Lipinski definition) is 3. The number of benzene rings is 1. The molecule has 1 fully saturated rings. The van der Waals surface area contributed by atoms with Gasteiger partial charge in [-0.1, -0.05) is 45.1 Å². The highest BCUT2D eigenvalue weighted by Gasteiger charge is 2.22. The Morgan fingerprint density at radius 2 is 1.96 bits per heavy atom. The lowest BCUT2D eigenvalue weighted by molar-refractivity contribution is -0.122. The van der Waals surface area contributed by atoms with Gasteiger partial charge >= 0.3 is 0 Å². The highest BCUT2D eigenvalue weighted by atomic mass is 32.2. The zero-order chi connectivity index (χ0) is 17.7. The van der Waals surface area contributed by atoms with Crippen LogP contribution >= 0.6 is 0 Å². The van der Waals surface area contributed by atoms with Gasteiger partial charge < -0.3 is 5.32 Å². The molecule has 1 saturated carbocycles. The number of rotatable bonds is 6. The molecule has 134 valence electrons. The number of sulfonamides is 1. The second-order valence-corrected chi connectivity index (χ2v) is 8.55. The van der Waals surface area contributed by atoms with E-state index in [1.165, 1.54) is 38.2 Å². The number of aryl methyl sites for hydroxylation is 1. The minimum absolute atomic E-state index is 0.0583. The zero-order valence-corrected chi connectivity index (χ0v) is 15.4. The van der Waals surface area contributed by atoms with E-state index >= 15 is 0 Å². The average molecular weight is 353 g/mol. The van der Waals surface area contributed by atoms with Crippen molar-refractivity contribution >= 4 is 15.9 Å². The Hall–Kier alpha value is -1.40. The topological polar surface area (TPSA) is 89.3 Å². The van der Waals surface area contributed by atoms with Gasteiger partial charge in [0.05, 0.1) is 4.90 Å². The third-order valence-electron chi connectivity index (χ3n) is 5.08. The predicted molar refractivity (Wildman–Crippen MR) is 94.8 cm³/mol. The Kier molecular flexibility index (Phi) is 6.40. The minimum Gasteiger partial charge on any atom is -0.352 e. The molecular formula is C18H28N2O3S. The third-order valence-corrected chi connectivity index (χ3v) is 5.99. The standard InChI is InChI=1S/C18H28N2O3S/c1-13-10-17(24(19,22)23)9-8-16(13)12-20-18(21)11-14(2)15-6-4-3-5-7-15/h8-10,14-15H,3-7,11-12H2,1-2H3,(H,20,21)(H2,19,22,23). The summed E-state index contributed by atoms with van der Waals surface area (Å²) in [6.07, 6.45) is 6.92. The van der Waals surface area contributed by atoms with E-state index in [0.717, 1.165) is 11.1 Å². The Morgan fingerprint density at radius 1 is 1.29 bits per heavy atom. The van der Waals surface area contributed by atoms with Gasteiger partial charge in [-0.3, -0.25) is 4.79 Å². The van der Waals surface area contributed by atoms with Gasteiger partial charge in [-0.05, 0) is 42.0 Å². The van der Waals surface area contributed by atoms with E-state index < -0.39 is 10.0 Å². The molecule has 1 aliphatic rings. The fourth-order valence-electron chi connectivity index (χ4n) is 3.47. The highest BCUT2D eigenvalue weighted by Crippen LogP contribution is 2.31. The molecule has 1 aromatic carbocycles. The van der Waals surface area contributed by atoms with Crippen LogP contribution < -0.4 is 10.5 Å². The minimum atomic E-state index is -3.69. The van der Waals surface area contributed by atoms with Crippen LogP contribution in [-0.2, 0) is 21.4 Å². The van der Waals surface area contributed by atoms with Gasteiger partial charge in [-0.25, -0.2) is 13.6 Å². The van der Waals surface area contributed by atoms with Crippen molar-refractivity contribution in [2.24, 2.45) is 17.0 Å². The van der Waals surface area contributed by atoms with E-state index in [4.69, 9.17) is 5.14 Å². The summed E-state index contributed by atoms with van der Waals surface area (Å²) < 4.78 is 22.7. The molecule has 5 nitrogen and oxygen atoms in total. The number of hydrogen-bond donors (Lipinski definition) is 2. The SMILES string of the molecule is Cc1cc(S(N)(=O)=O)ccc1CNC(=O)CC(C)C1CCCCC1. The van der Waals surface area contributed by atoms with Crippen LogP contribution in [0.4, 0.5) is 0 Å². The molecule has 1 aromatic rings. The number of carbonyl (C=O) groups is 1. The first-order chi connectivity index (χ1) is 11.3. The molecular weight excluding hydrogens is 324 g/mol. The lowest BCUT2D eigenvalue weighted by Gasteiger charge is -2.27. The van der Waals surface area contributed by atoms with Gasteiger partial charge in [0, 0.05) is 13.0 Å². The van der Waals surface area contributed by atoms with Gasteiger partial charge in [0.2, 0.25) is 15.9 Å². The van der Waals surface area contributed by atoms with Crippen molar-refractivity contribution in [1.29, 1.82) is 0 Å². The molecule has 0 heterocycles. The number of amides is 1. The fourth-order valence-corrected chi connectivity index (χ4v) is 4.07. The normalized spacial score (nSPS) is 17.5. The fraction of sp³-hybridized carbons (Fsp3) is 0.611. The summed E-state index contributed by atoms with van der Waals surface area (Å²) in [5, 5.41) is 8.07. The van der Waals surface area contributed by atoms with Crippen molar-refractivity contribution in [1.82, 2.24) is 5.32 Å². The molecule has 0 aliphatic heterocycles. The molecule has 1 atom stereocenters. The maximum atomic E-state index is 12.2. The first-order valence-electron chi connectivity index (χ1n) is 8.66. The molecule has 0 spiro atoms. The summed E-state index contributed by atoms with van der Waals surface area (Å²) in [6.45, 7) is 4.40. The molecule has 1 amide bonds. The highest BCUT2D eigenvalue weighted by molar-refractivity contribution is 7.89. The summed E-state index contributed by atoms with van der Waals surface area (Å²) >= 11 is 0. The number of nitrogens with one attached hydrogen (secondary N) is 1. The second-order valence-electron chi connectivity index (χ2n) is 6.99. The maximum absolute atomic E-state index is 12.2. The maximum Gasteiger partial charge on any atom is 0.238 e. The van der Waals surface area contributed by atoms with Crippen molar-refractivity contribution in [3.05, 3.63) is 29.3 Å². The van der Waals surface area contributed by atoms with E-state index in [0.29, 0.717) is 24.8 Å². The van der Waals surface area contributed by atoms with Crippen molar-refractivity contribution < 1.29 is 13.2 Å². The molecule has 24 heavy (non-hydrogen) atoms. The predicted octanol–water partition coefficient (Wildman–Crippen LogP) is 2.87. The van der Waals surface area contributed by atoms with Crippen LogP contribution in [0.15, 0.2) is 23.1 Å². The third kappa shape index (κ3) is 5.31. The molecule has 0 bridgehead atoms. The van der Waals surface area contributed by atoms with Gasteiger partial charge in [0.15, 0.2) is 0 Å². The van der Waals surface area contributed by atoms with Crippen molar-refractivity contribution in [2.75, 3.05) is 0 Å². The first-order valence-corrected chi connectivity index (χ1v) is 10.2. The quantitative estimate of drug-likeness (QED) is 0.825. The summed E-state index contributed by atoms with van der Waals surface area (Å²) in [4.78, 5) is 12.3. The Labute approximate surface area is 145 Å². The van der Waals surface area contributed by atoms with Gasteiger partial charge in [-0.2, -0.15) is 0 Å². The Morgan fingerprint density at radius 3 is 2.54 bits per heavy atom. The molecule has 3 N–H and O–H groups in total.